The third-order valence-corrected chi connectivity index (χ3v) is 5.19. The third-order valence-electron chi connectivity index (χ3n) is 4.06. The van der Waals surface area contributed by atoms with Gasteiger partial charge in [0.15, 0.2) is 5.75 Å². The van der Waals surface area contributed by atoms with Crippen LogP contribution >= 0.6 is 11.3 Å². The number of benzene rings is 3. The average molecular weight is 431 g/mol. The molecule has 0 atom stereocenters. The van der Waals surface area contributed by atoms with Gasteiger partial charge < -0.3 is 9.47 Å². The van der Waals surface area contributed by atoms with Crippen LogP contribution in [-0.2, 0) is 0 Å². The lowest BCUT2D eigenvalue weighted by Crippen LogP contribution is -2.17. The molecule has 3 nitrogen and oxygen atoms in total. The Hall–Kier alpha value is -3.39. The maximum absolute atomic E-state index is 13.7. The number of thiophene rings is 1. The molecule has 0 unspecified atom stereocenters. The molecule has 0 amide bonds. The molecular weight excluding hydrogens is 420 g/mol. The van der Waals surface area contributed by atoms with Gasteiger partial charge in [-0.15, -0.1) is 24.5 Å². The van der Waals surface area contributed by atoms with Crippen molar-refractivity contribution in [2.24, 2.45) is 0 Å². The van der Waals surface area contributed by atoms with E-state index in [2.05, 4.69) is 10.8 Å². The first-order chi connectivity index (χ1) is 14.3. The molecule has 4 aromatic rings. The first-order valence-corrected chi connectivity index (χ1v) is 9.39. The third kappa shape index (κ3) is 4.28. The number of ether oxygens (including phenoxy) is 2. The minimum absolute atomic E-state index is 0.137. The summed E-state index contributed by atoms with van der Waals surface area (Å²) in [6.07, 6.45) is -4.83. The zero-order chi connectivity index (χ0) is 21.3. The molecule has 4 rings (SSSR count). The quantitative estimate of drug-likeness (QED) is 0.259. The van der Waals surface area contributed by atoms with Crippen LogP contribution in [0, 0.1) is 11.9 Å². The summed E-state index contributed by atoms with van der Waals surface area (Å²) in [5.41, 5.74) is 0.137. The Kier molecular flexibility index (Phi) is 5.17. The van der Waals surface area contributed by atoms with Crippen molar-refractivity contribution in [3.63, 3.8) is 0 Å². The van der Waals surface area contributed by atoms with Crippen molar-refractivity contribution in [3.8, 4) is 17.2 Å². The monoisotopic (exact) mass is 431 g/mol. The van der Waals surface area contributed by atoms with E-state index in [1.807, 2.05) is 0 Å². The number of fused-ring (bicyclic) bond motifs is 1. The first-order valence-electron chi connectivity index (χ1n) is 8.57. The molecule has 0 saturated heterocycles. The summed E-state index contributed by atoms with van der Waals surface area (Å²) < 4.78 is 60.9. The predicted molar refractivity (Wildman–Crippen MR) is 104 cm³/mol. The van der Waals surface area contributed by atoms with Gasteiger partial charge in [0, 0.05) is 21.7 Å². The first kappa shape index (κ1) is 19.9. The Morgan fingerprint density at radius 1 is 1.00 bits per heavy atom. The SMILES string of the molecule is O=C(c1ccc(OC(F)(F)F)cc1)c1sc2cc(F)ccc2c1Oc1[c]cccc1. The van der Waals surface area contributed by atoms with Gasteiger partial charge in [-0.25, -0.2) is 4.39 Å². The van der Waals surface area contributed by atoms with Crippen molar-refractivity contribution in [2.75, 3.05) is 0 Å². The molecule has 1 aromatic heterocycles. The predicted octanol–water partition coefficient (Wildman–Crippen LogP) is 6.76. The molecule has 0 aliphatic carbocycles. The lowest BCUT2D eigenvalue weighted by Gasteiger charge is -2.09. The fourth-order valence-corrected chi connectivity index (χ4v) is 3.90. The number of carbonyl (C=O) groups excluding carboxylic acids is 1. The fraction of sp³-hybridized carbons (Fsp3) is 0.0455. The minimum Gasteiger partial charge on any atom is -0.454 e. The molecule has 0 bridgehead atoms. The van der Waals surface area contributed by atoms with E-state index in [1.54, 1.807) is 24.3 Å². The van der Waals surface area contributed by atoms with E-state index in [0.29, 0.717) is 15.8 Å². The summed E-state index contributed by atoms with van der Waals surface area (Å²) in [6, 6.07) is 18.3. The molecule has 1 heterocycles. The van der Waals surface area contributed by atoms with Crippen molar-refractivity contribution in [2.45, 2.75) is 6.36 Å². The number of rotatable bonds is 5. The molecule has 8 heteroatoms. The van der Waals surface area contributed by atoms with Crippen LogP contribution < -0.4 is 9.47 Å². The summed E-state index contributed by atoms with van der Waals surface area (Å²) in [4.78, 5) is 13.3. The molecule has 0 aliphatic rings. The van der Waals surface area contributed by atoms with Gasteiger partial charge in [0.25, 0.3) is 0 Å². The molecule has 0 fully saturated rings. The number of ketones is 1. The van der Waals surface area contributed by atoms with Gasteiger partial charge in [-0.3, -0.25) is 4.79 Å². The highest BCUT2D eigenvalue weighted by Crippen LogP contribution is 2.41. The van der Waals surface area contributed by atoms with E-state index in [0.717, 1.165) is 23.5 Å². The molecule has 30 heavy (non-hydrogen) atoms. The zero-order valence-electron chi connectivity index (χ0n) is 15.0. The Morgan fingerprint density at radius 3 is 2.43 bits per heavy atom. The van der Waals surface area contributed by atoms with Gasteiger partial charge in [-0.2, -0.15) is 0 Å². The number of hydrogen-bond donors (Lipinski definition) is 0. The molecule has 151 valence electrons. The molecular formula is C22H11F4O3S. The summed E-state index contributed by atoms with van der Waals surface area (Å²) >= 11 is 1.03. The minimum atomic E-state index is -4.83. The summed E-state index contributed by atoms with van der Waals surface area (Å²) in [6.45, 7) is 0. The Labute approximate surface area is 172 Å². The normalized spacial score (nSPS) is 11.5. The Balaban J connectivity index is 1.73. The number of alkyl halides is 3. The highest BCUT2D eigenvalue weighted by molar-refractivity contribution is 7.21. The maximum Gasteiger partial charge on any atom is 0.573 e. The van der Waals surface area contributed by atoms with Crippen LogP contribution in [0.25, 0.3) is 10.1 Å². The molecule has 0 N–H and O–H groups in total. The number of para-hydroxylation sites is 1. The Bertz CT molecular complexity index is 1200. The fourth-order valence-electron chi connectivity index (χ4n) is 2.79. The molecule has 0 spiro atoms. The second-order valence-corrected chi connectivity index (χ2v) is 7.18. The smallest absolute Gasteiger partial charge is 0.454 e. The van der Waals surface area contributed by atoms with Crippen LogP contribution in [0.5, 0.6) is 17.2 Å². The second kappa shape index (κ2) is 7.79. The summed E-state index contributed by atoms with van der Waals surface area (Å²) in [7, 11) is 0. The highest BCUT2D eigenvalue weighted by atomic mass is 32.1. The van der Waals surface area contributed by atoms with Gasteiger partial charge >= 0.3 is 6.36 Å². The van der Waals surface area contributed by atoms with E-state index >= 15 is 0 Å². The molecule has 1 radical (unpaired) electrons. The van der Waals surface area contributed by atoms with Crippen LogP contribution in [0.15, 0.2) is 66.7 Å². The van der Waals surface area contributed by atoms with Crippen LogP contribution in [0.2, 0.25) is 0 Å². The van der Waals surface area contributed by atoms with Crippen LogP contribution in [0.4, 0.5) is 17.6 Å². The largest absolute Gasteiger partial charge is 0.573 e. The van der Waals surface area contributed by atoms with Crippen molar-refractivity contribution >= 4 is 27.2 Å². The van der Waals surface area contributed by atoms with Crippen molar-refractivity contribution in [1.82, 2.24) is 0 Å². The summed E-state index contributed by atoms with van der Waals surface area (Å²) in [5.74, 6) is -0.772. The highest BCUT2D eigenvalue weighted by Gasteiger charge is 2.31. The average Bonchev–Trinajstić information content (AvgIpc) is 3.05. The topological polar surface area (TPSA) is 35.5 Å². The van der Waals surface area contributed by atoms with Crippen LogP contribution in [0.3, 0.4) is 0 Å². The van der Waals surface area contributed by atoms with Gasteiger partial charge in [0.2, 0.25) is 5.78 Å². The Morgan fingerprint density at radius 2 is 1.77 bits per heavy atom. The zero-order valence-corrected chi connectivity index (χ0v) is 15.8. The van der Waals surface area contributed by atoms with Gasteiger partial charge in [0.05, 0.1) is 0 Å². The lowest BCUT2D eigenvalue weighted by atomic mass is 10.1. The maximum atomic E-state index is 13.7. The van der Waals surface area contributed by atoms with E-state index in [1.165, 1.54) is 30.3 Å². The van der Waals surface area contributed by atoms with Gasteiger partial charge in [-0.05, 0) is 48.5 Å². The van der Waals surface area contributed by atoms with E-state index in [9.17, 15) is 22.4 Å². The summed E-state index contributed by atoms with van der Waals surface area (Å²) in [5, 5.41) is 0.541. The lowest BCUT2D eigenvalue weighted by molar-refractivity contribution is -0.274. The molecule has 0 saturated carbocycles. The van der Waals surface area contributed by atoms with Crippen molar-refractivity contribution in [3.05, 3.63) is 89.1 Å². The van der Waals surface area contributed by atoms with E-state index in [-0.39, 0.29) is 16.2 Å². The van der Waals surface area contributed by atoms with Crippen molar-refractivity contribution < 1.29 is 31.8 Å². The second-order valence-electron chi connectivity index (χ2n) is 6.13. The van der Waals surface area contributed by atoms with E-state index < -0.39 is 23.7 Å². The number of hydrogen-bond acceptors (Lipinski definition) is 4. The van der Waals surface area contributed by atoms with Gasteiger partial charge in [-0.1, -0.05) is 18.2 Å². The number of carbonyl (C=O) groups is 1. The van der Waals surface area contributed by atoms with Gasteiger partial charge in [0.1, 0.15) is 22.2 Å². The molecule has 0 aliphatic heterocycles. The van der Waals surface area contributed by atoms with Crippen LogP contribution in [0.1, 0.15) is 15.2 Å². The molecule has 3 aromatic carbocycles. The van der Waals surface area contributed by atoms with Crippen molar-refractivity contribution in [1.29, 1.82) is 0 Å². The van der Waals surface area contributed by atoms with Crippen LogP contribution in [-0.4, -0.2) is 12.1 Å². The van der Waals surface area contributed by atoms with E-state index in [4.69, 9.17) is 4.74 Å². The standard InChI is InChI=1S/C22H11F4O3S/c23-14-8-11-17-18(12-14)30-21(20(17)28-15-4-2-1-3-5-15)19(27)13-6-9-16(10-7-13)29-22(24,25)26/h1-4,6-12H. The number of halogens is 4.